The number of carbonyl (C=O) groups excluding carboxylic acids is 1. The molecule has 0 aliphatic heterocycles. The second-order valence-corrected chi connectivity index (χ2v) is 4.17. The van der Waals surface area contributed by atoms with Gasteiger partial charge in [0.05, 0.1) is 0 Å². The van der Waals surface area contributed by atoms with Gasteiger partial charge in [-0.2, -0.15) is 0 Å². The smallest absolute Gasteiger partial charge is 0.244 e. The Bertz CT molecular complexity index is 390. The Morgan fingerprint density at radius 2 is 2.41 bits per heavy atom. The van der Waals surface area contributed by atoms with E-state index in [2.05, 4.69) is 10.3 Å². The summed E-state index contributed by atoms with van der Waals surface area (Å²) in [5, 5.41) is 11.9. The van der Waals surface area contributed by atoms with Gasteiger partial charge in [-0.3, -0.25) is 4.79 Å². The zero-order valence-electron chi connectivity index (χ0n) is 9.56. The lowest BCUT2D eigenvalue weighted by molar-refractivity contribution is -0.116. The summed E-state index contributed by atoms with van der Waals surface area (Å²) in [7, 11) is 0. The molecule has 92 valence electrons. The lowest BCUT2D eigenvalue weighted by Crippen LogP contribution is -2.27. The highest BCUT2D eigenvalue weighted by molar-refractivity contribution is 6.29. The average Bonchev–Trinajstić information content (AvgIpc) is 2.35. The third kappa shape index (κ3) is 5.47. The summed E-state index contributed by atoms with van der Waals surface area (Å²) < 4.78 is 0. The van der Waals surface area contributed by atoms with Crippen molar-refractivity contribution < 1.29 is 9.90 Å². The number of carbonyl (C=O) groups is 1. The summed E-state index contributed by atoms with van der Waals surface area (Å²) in [6.45, 7) is 2.37. The number of aliphatic hydroxyl groups excluding tert-OH is 1. The number of nitrogens with zero attached hydrogens (tertiary/aromatic N) is 1. The van der Waals surface area contributed by atoms with Gasteiger partial charge in [0, 0.05) is 25.4 Å². The molecule has 4 nitrogen and oxygen atoms in total. The third-order valence-corrected chi connectivity index (χ3v) is 2.34. The molecular weight excluding hydrogens is 240 g/mol. The standard InChI is InChI=1S/C12H15ClN2O2/c1-9(8-16)6-15-12(17)5-3-10-2-4-11(13)14-7-10/h2-5,7,9,16H,6,8H2,1H3,(H,15,17)/b5-3+. The number of halogens is 1. The molecule has 0 saturated heterocycles. The third-order valence-electron chi connectivity index (χ3n) is 2.11. The van der Waals surface area contributed by atoms with Crippen LogP contribution in [-0.4, -0.2) is 29.1 Å². The molecule has 0 bridgehead atoms. The predicted molar refractivity (Wildman–Crippen MR) is 67.5 cm³/mol. The molecule has 0 aromatic carbocycles. The molecule has 17 heavy (non-hydrogen) atoms. The first-order chi connectivity index (χ1) is 8.11. The number of hydrogen-bond acceptors (Lipinski definition) is 3. The van der Waals surface area contributed by atoms with Crippen LogP contribution in [0.15, 0.2) is 24.4 Å². The van der Waals surface area contributed by atoms with Gasteiger partial charge in [-0.25, -0.2) is 4.98 Å². The Balaban J connectivity index is 2.42. The minimum absolute atomic E-state index is 0.0598. The maximum Gasteiger partial charge on any atom is 0.244 e. The van der Waals surface area contributed by atoms with Crippen molar-refractivity contribution >= 4 is 23.6 Å². The molecule has 0 aliphatic rings. The second-order valence-electron chi connectivity index (χ2n) is 3.78. The summed E-state index contributed by atoms with van der Waals surface area (Å²) in [4.78, 5) is 15.3. The Hall–Kier alpha value is -1.39. The van der Waals surface area contributed by atoms with Crippen LogP contribution in [-0.2, 0) is 4.79 Å². The highest BCUT2D eigenvalue weighted by Crippen LogP contribution is 2.06. The van der Waals surface area contributed by atoms with Crippen LogP contribution in [0.4, 0.5) is 0 Å². The van der Waals surface area contributed by atoms with E-state index in [1.165, 1.54) is 6.08 Å². The van der Waals surface area contributed by atoms with E-state index in [4.69, 9.17) is 16.7 Å². The number of amides is 1. The molecule has 0 radical (unpaired) electrons. The SMILES string of the molecule is CC(CO)CNC(=O)/C=C/c1ccc(Cl)nc1. The van der Waals surface area contributed by atoms with Crippen LogP contribution in [0.3, 0.4) is 0 Å². The quantitative estimate of drug-likeness (QED) is 0.618. The summed E-state index contributed by atoms with van der Waals surface area (Å²) in [5.41, 5.74) is 0.805. The van der Waals surface area contributed by atoms with Gasteiger partial charge in [0.25, 0.3) is 0 Å². The van der Waals surface area contributed by atoms with Crippen molar-refractivity contribution in [1.82, 2.24) is 10.3 Å². The van der Waals surface area contributed by atoms with E-state index in [-0.39, 0.29) is 18.4 Å². The van der Waals surface area contributed by atoms with Crippen LogP contribution in [0.2, 0.25) is 5.15 Å². The first kappa shape index (κ1) is 13.7. The summed E-state index contributed by atoms with van der Waals surface area (Å²) in [5.74, 6) is -0.134. The topological polar surface area (TPSA) is 62.2 Å². The zero-order chi connectivity index (χ0) is 12.7. The molecule has 1 aromatic heterocycles. The highest BCUT2D eigenvalue weighted by atomic mass is 35.5. The Morgan fingerprint density at radius 1 is 1.65 bits per heavy atom. The van der Waals surface area contributed by atoms with E-state index >= 15 is 0 Å². The molecule has 1 atom stereocenters. The number of rotatable bonds is 5. The molecule has 0 spiro atoms. The second kappa shape index (κ2) is 7.04. The zero-order valence-corrected chi connectivity index (χ0v) is 10.3. The highest BCUT2D eigenvalue weighted by Gasteiger charge is 2.01. The van der Waals surface area contributed by atoms with Crippen molar-refractivity contribution in [3.63, 3.8) is 0 Å². The van der Waals surface area contributed by atoms with Crippen LogP contribution in [0.25, 0.3) is 6.08 Å². The fraction of sp³-hybridized carbons (Fsp3) is 0.333. The van der Waals surface area contributed by atoms with Gasteiger partial charge in [-0.1, -0.05) is 24.6 Å². The summed E-state index contributed by atoms with van der Waals surface area (Å²) in [6, 6.07) is 3.43. The summed E-state index contributed by atoms with van der Waals surface area (Å²) >= 11 is 5.64. The molecule has 1 amide bonds. The molecule has 0 fully saturated rings. The number of hydrogen-bond donors (Lipinski definition) is 2. The number of aliphatic hydroxyl groups is 1. The van der Waals surface area contributed by atoms with Gasteiger partial charge >= 0.3 is 0 Å². The van der Waals surface area contributed by atoms with Crippen molar-refractivity contribution in [3.05, 3.63) is 35.1 Å². The van der Waals surface area contributed by atoms with E-state index < -0.39 is 0 Å². The number of pyridine rings is 1. The van der Waals surface area contributed by atoms with Gasteiger partial charge in [-0.05, 0) is 23.6 Å². The van der Waals surface area contributed by atoms with Crippen LogP contribution < -0.4 is 5.32 Å². The van der Waals surface area contributed by atoms with Crippen LogP contribution >= 0.6 is 11.6 Å². The molecule has 5 heteroatoms. The van der Waals surface area contributed by atoms with Gasteiger partial charge < -0.3 is 10.4 Å². The van der Waals surface area contributed by atoms with Gasteiger partial charge in [0.1, 0.15) is 5.15 Å². The van der Waals surface area contributed by atoms with Crippen LogP contribution in [0, 0.1) is 5.92 Å². The number of aromatic nitrogens is 1. The lowest BCUT2D eigenvalue weighted by Gasteiger charge is -2.07. The van der Waals surface area contributed by atoms with E-state index in [1.807, 2.05) is 6.92 Å². The molecule has 0 saturated carbocycles. The van der Waals surface area contributed by atoms with Gasteiger partial charge in [-0.15, -0.1) is 0 Å². The van der Waals surface area contributed by atoms with E-state index in [9.17, 15) is 4.79 Å². The molecule has 1 unspecified atom stereocenters. The normalized spacial score (nSPS) is 12.6. The minimum atomic E-state index is -0.194. The summed E-state index contributed by atoms with van der Waals surface area (Å²) in [6.07, 6.45) is 4.67. The van der Waals surface area contributed by atoms with E-state index in [0.29, 0.717) is 11.7 Å². The van der Waals surface area contributed by atoms with Crippen LogP contribution in [0.5, 0.6) is 0 Å². The average molecular weight is 255 g/mol. The van der Waals surface area contributed by atoms with Gasteiger partial charge in [0.2, 0.25) is 5.91 Å². The molecular formula is C12H15ClN2O2. The number of nitrogens with one attached hydrogen (secondary N) is 1. The first-order valence-corrected chi connectivity index (χ1v) is 5.68. The predicted octanol–water partition coefficient (Wildman–Crippen LogP) is 1.49. The van der Waals surface area contributed by atoms with Crippen molar-refractivity contribution in [1.29, 1.82) is 0 Å². The molecule has 1 aromatic rings. The minimum Gasteiger partial charge on any atom is -0.396 e. The Morgan fingerprint density at radius 3 is 3.00 bits per heavy atom. The Kier molecular flexibility index (Phi) is 5.66. The van der Waals surface area contributed by atoms with Crippen molar-refractivity contribution in [2.24, 2.45) is 5.92 Å². The fourth-order valence-corrected chi connectivity index (χ4v) is 1.17. The van der Waals surface area contributed by atoms with Gasteiger partial charge in [0.15, 0.2) is 0 Å². The molecule has 0 aliphatic carbocycles. The van der Waals surface area contributed by atoms with Crippen LogP contribution in [0.1, 0.15) is 12.5 Å². The molecule has 1 heterocycles. The van der Waals surface area contributed by atoms with E-state index in [0.717, 1.165) is 5.56 Å². The van der Waals surface area contributed by atoms with Crippen molar-refractivity contribution in [2.45, 2.75) is 6.92 Å². The molecule has 2 N–H and O–H groups in total. The van der Waals surface area contributed by atoms with Crippen molar-refractivity contribution in [2.75, 3.05) is 13.2 Å². The maximum absolute atomic E-state index is 11.4. The monoisotopic (exact) mass is 254 g/mol. The van der Waals surface area contributed by atoms with E-state index in [1.54, 1.807) is 24.4 Å². The Labute approximate surface area is 105 Å². The fourth-order valence-electron chi connectivity index (χ4n) is 1.06. The molecule has 1 rings (SSSR count). The maximum atomic E-state index is 11.4. The largest absolute Gasteiger partial charge is 0.396 e. The lowest BCUT2D eigenvalue weighted by atomic mass is 10.2. The van der Waals surface area contributed by atoms with Crippen molar-refractivity contribution in [3.8, 4) is 0 Å². The first-order valence-electron chi connectivity index (χ1n) is 5.30.